The van der Waals surface area contributed by atoms with Crippen LogP contribution in [0.4, 0.5) is 0 Å². The van der Waals surface area contributed by atoms with Gasteiger partial charge in [-0.05, 0) is 43.7 Å². The molecule has 30 heavy (non-hydrogen) atoms. The molecule has 8 heteroatoms. The van der Waals surface area contributed by atoms with Crippen molar-refractivity contribution in [3.8, 4) is 0 Å². The summed E-state index contributed by atoms with van der Waals surface area (Å²) < 4.78 is 51.1. The van der Waals surface area contributed by atoms with Crippen LogP contribution in [0.15, 0.2) is 83.6 Å². The third kappa shape index (κ3) is 9.98. The van der Waals surface area contributed by atoms with Gasteiger partial charge in [-0.3, -0.25) is 0 Å². The van der Waals surface area contributed by atoms with Crippen molar-refractivity contribution in [3.05, 3.63) is 85.0 Å². The number of nitrogens with one attached hydrogen (secondary N) is 2. The third-order valence-corrected chi connectivity index (χ3v) is 6.33. The molecule has 0 fully saturated rings. The molecule has 2 rings (SSSR count). The molecule has 0 aliphatic rings. The predicted octanol–water partition coefficient (Wildman–Crippen LogP) is 3.94. The molecule has 0 amide bonds. The van der Waals surface area contributed by atoms with E-state index >= 15 is 0 Å². The van der Waals surface area contributed by atoms with Crippen LogP contribution >= 0.6 is 0 Å². The first-order valence-corrected chi connectivity index (χ1v) is 12.4. The van der Waals surface area contributed by atoms with Gasteiger partial charge in [-0.25, -0.2) is 26.3 Å². The van der Waals surface area contributed by atoms with Crippen LogP contribution in [0.5, 0.6) is 0 Å². The third-order valence-electron chi connectivity index (χ3n) is 3.47. The Hall–Kier alpha value is -2.26. The molecule has 0 atom stereocenters. The fourth-order valence-electron chi connectivity index (χ4n) is 2.00. The lowest BCUT2D eigenvalue weighted by Gasteiger charge is -2.04. The fraction of sp³-hybridized carbons (Fsp3) is 0.273. The van der Waals surface area contributed by atoms with Crippen LogP contribution in [0.3, 0.4) is 0 Å². The Bertz CT molecular complexity index is 998. The van der Waals surface area contributed by atoms with Gasteiger partial charge in [0, 0.05) is 13.1 Å². The summed E-state index contributed by atoms with van der Waals surface area (Å²) in [6.45, 7) is 15.1. The zero-order valence-corrected chi connectivity index (χ0v) is 19.7. The van der Waals surface area contributed by atoms with Crippen molar-refractivity contribution in [1.29, 1.82) is 0 Å². The summed E-state index contributed by atoms with van der Waals surface area (Å²) in [5.74, 6) is 0. The second-order valence-corrected chi connectivity index (χ2v) is 9.44. The van der Waals surface area contributed by atoms with Crippen LogP contribution in [-0.4, -0.2) is 29.9 Å². The van der Waals surface area contributed by atoms with Crippen LogP contribution < -0.4 is 9.44 Å². The van der Waals surface area contributed by atoms with Crippen LogP contribution in [-0.2, 0) is 20.0 Å². The molecule has 0 unspecified atom stereocenters. The minimum Gasteiger partial charge on any atom is -0.207 e. The Balaban J connectivity index is 0.000000518. The molecule has 0 aromatic heterocycles. The molecule has 0 heterocycles. The molecule has 2 aromatic rings. The maximum absolute atomic E-state index is 11.6. The highest BCUT2D eigenvalue weighted by Crippen LogP contribution is 2.10. The Morgan fingerprint density at radius 2 is 1.20 bits per heavy atom. The average molecular weight is 453 g/mol. The number of benzene rings is 2. The SMILES string of the molecule is C=CCNS(=O)(=O)c1ccc(C)cc1.C=CCNS(=O)(=O)c1cccc(C)c1.CC. The van der Waals surface area contributed by atoms with Crippen molar-refractivity contribution in [3.63, 3.8) is 0 Å². The van der Waals surface area contributed by atoms with Crippen molar-refractivity contribution >= 4 is 20.0 Å². The van der Waals surface area contributed by atoms with Crippen LogP contribution in [0.2, 0.25) is 0 Å². The maximum atomic E-state index is 11.6. The second-order valence-electron chi connectivity index (χ2n) is 5.91. The quantitative estimate of drug-likeness (QED) is 0.593. The van der Waals surface area contributed by atoms with E-state index in [-0.39, 0.29) is 18.0 Å². The first kappa shape index (κ1) is 27.7. The molecular weight excluding hydrogens is 420 g/mol. The minimum absolute atomic E-state index is 0.246. The molecule has 0 spiro atoms. The van der Waals surface area contributed by atoms with E-state index in [0.29, 0.717) is 4.90 Å². The van der Waals surface area contributed by atoms with Crippen molar-refractivity contribution < 1.29 is 16.8 Å². The van der Waals surface area contributed by atoms with Gasteiger partial charge in [0.1, 0.15) is 0 Å². The van der Waals surface area contributed by atoms with Gasteiger partial charge in [-0.2, -0.15) is 0 Å². The normalized spacial score (nSPS) is 10.7. The molecule has 0 radical (unpaired) electrons. The first-order chi connectivity index (χ1) is 14.1. The lowest BCUT2D eigenvalue weighted by Crippen LogP contribution is -2.23. The van der Waals surface area contributed by atoms with Crippen molar-refractivity contribution in [1.82, 2.24) is 9.44 Å². The number of aryl methyl sites for hydroxylation is 2. The summed E-state index contributed by atoms with van der Waals surface area (Å²) in [7, 11) is -6.73. The monoisotopic (exact) mass is 452 g/mol. The number of rotatable bonds is 8. The van der Waals surface area contributed by atoms with Gasteiger partial charge in [0.05, 0.1) is 9.79 Å². The van der Waals surface area contributed by atoms with Crippen molar-refractivity contribution in [2.24, 2.45) is 0 Å². The Morgan fingerprint density at radius 3 is 1.63 bits per heavy atom. The first-order valence-electron chi connectivity index (χ1n) is 9.47. The van der Waals surface area contributed by atoms with Gasteiger partial charge in [0.2, 0.25) is 20.0 Å². The number of sulfonamides is 2. The van der Waals surface area contributed by atoms with Crippen LogP contribution in [0, 0.1) is 13.8 Å². The van der Waals surface area contributed by atoms with Crippen molar-refractivity contribution in [2.75, 3.05) is 13.1 Å². The van der Waals surface area contributed by atoms with Crippen molar-refractivity contribution in [2.45, 2.75) is 37.5 Å². The molecule has 0 saturated carbocycles. The maximum Gasteiger partial charge on any atom is 0.240 e. The molecule has 2 aromatic carbocycles. The summed E-state index contributed by atoms with van der Waals surface area (Å²) in [5, 5.41) is 0. The molecule has 0 aliphatic heterocycles. The summed E-state index contributed by atoms with van der Waals surface area (Å²) >= 11 is 0. The topological polar surface area (TPSA) is 92.3 Å². The molecule has 0 saturated heterocycles. The molecule has 6 nitrogen and oxygen atoms in total. The lowest BCUT2D eigenvalue weighted by atomic mass is 10.2. The Morgan fingerprint density at radius 1 is 0.733 bits per heavy atom. The van der Waals surface area contributed by atoms with E-state index in [1.807, 2.05) is 33.8 Å². The van der Waals surface area contributed by atoms with E-state index in [2.05, 4.69) is 22.6 Å². The molecular formula is C22H32N2O4S2. The van der Waals surface area contributed by atoms with Gasteiger partial charge < -0.3 is 0 Å². The zero-order chi connectivity index (χ0) is 23.2. The van der Waals surface area contributed by atoms with Gasteiger partial charge in [-0.15, -0.1) is 13.2 Å². The van der Waals surface area contributed by atoms with Gasteiger partial charge >= 0.3 is 0 Å². The van der Waals surface area contributed by atoms with Crippen LogP contribution in [0.1, 0.15) is 25.0 Å². The van der Waals surface area contributed by atoms with Gasteiger partial charge in [-0.1, -0.05) is 55.8 Å². The summed E-state index contributed by atoms with van der Waals surface area (Å²) in [6.07, 6.45) is 3.01. The average Bonchev–Trinajstić information content (AvgIpc) is 2.73. The van der Waals surface area contributed by atoms with Gasteiger partial charge in [0.25, 0.3) is 0 Å². The lowest BCUT2D eigenvalue weighted by molar-refractivity contribution is 0.584. The number of hydrogen-bond donors (Lipinski definition) is 2. The van der Waals surface area contributed by atoms with E-state index in [9.17, 15) is 16.8 Å². The highest BCUT2D eigenvalue weighted by molar-refractivity contribution is 7.89. The van der Waals surface area contributed by atoms with E-state index in [0.717, 1.165) is 11.1 Å². The fourth-order valence-corrected chi connectivity index (χ4v) is 4.10. The standard InChI is InChI=1S/2C10H13NO2S.C2H6/c1-3-8-11-14(12,13)10-6-4-9(2)5-7-10;1-3-7-11-14(12,13)10-6-4-5-9(2)8-10;1-2/h3-7,11H,1,8H2,2H3;3-6,8,11H,1,7H2,2H3;1-2H3. The molecule has 2 N–H and O–H groups in total. The smallest absolute Gasteiger partial charge is 0.207 e. The van der Waals surface area contributed by atoms with E-state index < -0.39 is 20.0 Å². The van der Waals surface area contributed by atoms with Crippen LogP contribution in [0.25, 0.3) is 0 Å². The second kappa shape index (κ2) is 13.9. The molecule has 0 bridgehead atoms. The molecule has 166 valence electrons. The molecule has 0 aliphatic carbocycles. The Labute approximate surface area is 181 Å². The van der Waals surface area contributed by atoms with E-state index in [1.165, 1.54) is 12.2 Å². The summed E-state index contributed by atoms with van der Waals surface area (Å²) in [4.78, 5) is 0.573. The zero-order valence-electron chi connectivity index (χ0n) is 18.1. The summed E-state index contributed by atoms with van der Waals surface area (Å²) in [6, 6.07) is 13.5. The van der Waals surface area contributed by atoms with E-state index in [4.69, 9.17) is 0 Å². The summed E-state index contributed by atoms with van der Waals surface area (Å²) in [5.41, 5.74) is 1.96. The number of hydrogen-bond acceptors (Lipinski definition) is 4. The largest absolute Gasteiger partial charge is 0.240 e. The van der Waals surface area contributed by atoms with Gasteiger partial charge in [0.15, 0.2) is 0 Å². The highest BCUT2D eigenvalue weighted by Gasteiger charge is 2.12. The predicted molar refractivity (Wildman–Crippen MR) is 124 cm³/mol. The highest BCUT2D eigenvalue weighted by atomic mass is 32.2. The minimum atomic E-state index is -3.37. The van der Waals surface area contributed by atoms with E-state index in [1.54, 1.807) is 42.5 Å². The Kier molecular flexibility index (Phi) is 12.8.